The highest BCUT2D eigenvalue weighted by molar-refractivity contribution is 7.21. The molecule has 1 aromatic heterocycles. The summed E-state index contributed by atoms with van der Waals surface area (Å²) in [6.07, 6.45) is 3.87. The molecule has 0 unspecified atom stereocenters. The van der Waals surface area contributed by atoms with E-state index in [1.807, 2.05) is 34.1 Å². The van der Waals surface area contributed by atoms with Crippen LogP contribution in [0.2, 0.25) is 5.02 Å². The van der Waals surface area contributed by atoms with Crippen molar-refractivity contribution in [1.29, 1.82) is 0 Å². The number of thiophene rings is 1. The zero-order valence-corrected chi connectivity index (χ0v) is 23.0. The lowest BCUT2D eigenvalue weighted by atomic mass is 9.79. The monoisotopic (exact) mass is 553 g/mol. The van der Waals surface area contributed by atoms with Crippen molar-refractivity contribution in [1.82, 2.24) is 9.80 Å². The lowest BCUT2D eigenvalue weighted by Gasteiger charge is -2.40. The van der Waals surface area contributed by atoms with Crippen LogP contribution in [0.3, 0.4) is 0 Å². The van der Waals surface area contributed by atoms with Gasteiger partial charge in [0.2, 0.25) is 0 Å². The van der Waals surface area contributed by atoms with Crippen LogP contribution in [0, 0.1) is 11.8 Å². The third-order valence-corrected chi connectivity index (χ3v) is 9.34. The number of piperidine rings is 2. The van der Waals surface area contributed by atoms with Crippen LogP contribution >= 0.6 is 22.9 Å². The minimum absolute atomic E-state index is 0.0353. The number of anilines is 1. The second kappa shape index (κ2) is 11.7. The smallest absolute Gasteiger partial charge is 0.338 e. The zero-order chi connectivity index (χ0) is 26.6. The molecular formula is C29H32ClN3O4S. The van der Waals surface area contributed by atoms with E-state index in [4.69, 9.17) is 16.3 Å². The fourth-order valence-corrected chi connectivity index (χ4v) is 7.06. The molecule has 2 fully saturated rings. The molecule has 0 bridgehead atoms. The van der Waals surface area contributed by atoms with Crippen molar-refractivity contribution >= 4 is 56.6 Å². The van der Waals surface area contributed by atoms with Crippen molar-refractivity contribution < 1.29 is 19.1 Å². The predicted molar refractivity (Wildman–Crippen MR) is 151 cm³/mol. The Kier molecular flexibility index (Phi) is 8.19. The van der Waals surface area contributed by atoms with Gasteiger partial charge < -0.3 is 19.9 Å². The van der Waals surface area contributed by atoms with E-state index in [0.717, 1.165) is 48.9 Å². The number of ether oxygens (including phenoxy) is 1. The Labute approximate surface area is 231 Å². The second-order valence-electron chi connectivity index (χ2n) is 9.93. The molecular weight excluding hydrogens is 522 g/mol. The minimum Gasteiger partial charge on any atom is -0.462 e. The molecule has 3 aromatic rings. The molecule has 3 heterocycles. The molecule has 0 atom stereocenters. The van der Waals surface area contributed by atoms with Gasteiger partial charge in [0.25, 0.3) is 5.91 Å². The van der Waals surface area contributed by atoms with Gasteiger partial charge in [0.1, 0.15) is 4.88 Å². The van der Waals surface area contributed by atoms with Crippen LogP contribution in [0.1, 0.15) is 52.6 Å². The molecule has 2 saturated heterocycles. The van der Waals surface area contributed by atoms with Gasteiger partial charge in [-0.3, -0.25) is 4.79 Å². The summed E-state index contributed by atoms with van der Waals surface area (Å²) < 4.78 is 6.08. The average molecular weight is 554 g/mol. The van der Waals surface area contributed by atoms with Gasteiger partial charge in [-0.25, -0.2) is 9.59 Å². The van der Waals surface area contributed by atoms with E-state index in [9.17, 15) is 14.4 Å². The third-order valence-electron chi connectivity index (χ3n) is 7.67. The highest BCUT2D eigenvalue weighted by atomic mass is 35.5. The van der Waals surface area contributed by atoms with Crippen molar-refractivity contribution in [2.45, 2.75) is 32.6 Å². The summed E-state index contributed by atoms with van der Waals surface area (Å²) in [6.45, 7) is 4.95. The largest absolute Gasteiger partial charge is 0.462 e. The lowest BCUT2D eigenvalue weighted by molar-refractivity contribution is 0.0526. The van der Waals surface area contributed by atoms with Gasteiger partial charge in [-0.15, -0.1) is 11.3 Å². The molecule has 1 N–H and O–H groups in total. The maximum absolute atomic E-state index is 13.2. The standard InChI is InChI=1S/C29H32ClN3O4S/c1-2-37-28(35)21-6-5-7-22(18-21)31-29(36)33-16-12-20(13-17-33)19-10-14-32(15-11-19)27(34)26-25(30)23-8-3-4-9-24(23)38-26/h3-9,18-20H,2,10-17H2,1H3,(H,31,36). The van der Waals surface area contributed by atoms with E-state index in [2.05, 4.69) is 5.32 Å². The van der Waals surface area contributed by atoms with Crippen LogP contribution < -0.4 is 5.32 Å². The number of hydrogen-bond donors (Lipinski definition) is 1. The van der Waals surface area contributed by atoms with E-state index in [1.165, 1.54) is 11.3 Å². The number of nitrogens with one attached hydrogen (secondary N) is 1. The fourth-order valence-electron chi connectivity index (χ4n) is 5.58. The summed E-state index contributed by atoms with van der Waals surface area (Å²) >= 11 is 8.02. The molecule has 200 valence electrons. The van der Waals surface area contributed by atoms with E-state index in [-0.39, 0.29) is 11.9 Å². The Morgan fingerprint density at radius 3 is 2.26 bits per heavy atom. The van der Waals surface area contributed by atoms with Crippen LogP contribution in [-0.2, 0) is 4.74 Å². The molecule has 9 heteroatoms. The van der Waals surface area contributed by atoms with Gasteiger partial charge in [-0.1, -0.05) is 35.9 Å². The first kappa shape index (κ1) is 26.5. The summed E-state index contributed by atoms with van der Waals surface area (Å²) in [6, 6.07) is 14.6. The van der Waals surface area contributed by atoms with Gasteiger partial charge in [-0.2, -0.15) is 0 Å². The fraction of sp³-hybridized carbons (Fsp3) is 0.414. The Balaban J connectivity index is 1.10. The number of amides is 3. The topological polar surface area (TPSA) is 79.0 Å². The zero-order valence-electron chi connectivity index (χ0n) is 21.5. The first-order valence-electron chi connectivity index (χ1n) is 13.2. The molecule has 0 spiro atoms. The summed E-state index contributed by atoms with van der Waals surface area (Å²) in [5, 5.41) is 4.43. The number of esters is 1. The lowest BCUT2D eigenvalue weighted by Crippen LogP contribution is -2.45. The quantitative estimate of drug-likeness (QED) is 0.364. The first-order valence-corrected chi connectivity index (χ1v) is 14.4. The minimum atomic E-state index is -0.399. The number of fused-ring (bicyclic) bond motifs is 1. The average Bonchev–Trinajstić information content (AvgIpc) is 3.29. The van der Waals surface area contributed by atoms with Crippen molar-refractivity contribution in [2.75, 3.05) is 38.1 Å². The van der Waals surface area contributed by atoms with Crippen LogP contribution in [0.15, 0.2) is 48.5 Å². The second-order valence-corrected chi connectivity index (χ2v) is 11.4. The van der Waals surface area contributed by atoms with E-state index < -0.39 is 5.97 Å². The number of likely N-dealkylation sites (tertiary alicyclic amines) is 2. The number of benzene rings is 2. The molecule has 0 radical (unpaired) electrons. The Morgan fingerprint density at radius 2 is 1.61 bits per heavy atom. The maximum atomic E-state index is 13.2. The maximum Gasteiger partial charge on any atom is 0.338 e. The Bertz CT molecular complexity index is 1330. The number of rotatable bonds is 5. The third kappa shape index (κ3) is 5.66. The van der Waals surface area contributed by atoms with Crippen LogP contribution in [0.25, 0.3) is 10.1 Å². The molecule has 2 aromatic carbocycles. The van der Waals surface area contributed by atoms with Gasteiger partial charge in [0, 0.05) is 42.0 Å². The SMILES string of the molecule is CCOC(=O)c1cccc(NC(=O)N2CCC(C3CCN(C(=O)c4sc5ccccc5c4Cl)CC3)CC2)c1. The normalized spacial score (nSPS) is 17.0. The molecule has 0 saturated carbocycles. The summed E-state index contributed by atoms with van der Waals surface area (Å²) in [4.78, 5) is 42.5. The first-order chi connectivity index (χ1) is 18.4. The Morgan fingerprint density at radius 1 is 0.947 bits per heavy atom. The van der Waals surface area contributed by atoms with E-state index >= 15 is 0 Å². The predicted octanol–water partition coefficient (Wildman–Crippen LogP) is 6.53. The van der Waals surface area contributed by atoms with Crippen LogP contribution in [0.5, 0.6) is 0 Å². The van der Waals surface area contributed by atoms with Gasteiger partial charge in [0.05, 0.1) is 17.2 Å². The molecule has 2 aliphatic rings. The highest BCUT2D eigenvalue weighted by Crippen LogP contribution is 2.38. The Hall–Kier alpha value is -3.10. The summed E-state index contributed by atoms with van der Waals surface area (Å²) in [7, 11) is 0. The number of carbonyl (C=O) groups is 3. The van der Waals surface area contributed by atoms with E-state index in [1.54, 1.807) is 31.2 Å². The van der Waals surface area contributed by atoms with E-state index in [0.29, 0.717) is 52.7 Å². The number of carbonyl (C=O) groups excluding carboxylic acids is 3. The number of nitrogens with zero attached hydrogens (tertiary/aromatic N) is 2. The summed E-state index contributed by atoms with van der Waals surface area (Å²) in [5.74, 6) is 0.747. The highest BCUT2D eigenvalue weighted by Gasteiger charge is 2.33. The molecule has 5 rings (SSSR count). The molecule has 2 aliphatic heterocycles. The van der Waals surface area contributed by atoms with Crippen LogP contribution in [-0.4, -0.2) is 60.5 Å². The van der Waals surface area contributed by atoms with Crippen LogP contribution in [0.4, 0.5) is 10.5 Å². The number of urea groups is 1. The number of halogens is 1. The number of hydrogen-bond acceptors (Lipinski definition) is 5. The van der Waals surface area contributed by atoms with Crippen molar-refractivity contribution in [3.05, 3.63) is 64.0 Å². The van der Waals surface area contributed by atoms with Gasteiger partial charge >= 0.3 is 12.0 Å². The van der Waals surface area contributed by atoms with Crippen molar-refractivity contribution in [3.8, 4) is 0 Å². The summed E-state index contributed by atoms with van der Waals surface area (Å²) in [5.41, 5.74) is 1.00. The van der Waals surface area contributed by atoms with Crippen molar-refractivity contribution in [3.63, 3.8) is 0 Å². The van der Waals surface area contributed by atoms with Crippen molar-refractivity contribution in [2.24, 2.45) is 11.8 Å². The van der Waals surface area contributed by atoms with Gasteiger partial charge in [-0.05, 0) is 68.7 Å². The molecule has 0 aliphatic carbocycles. The molecule has 7 nitrogen and oxygen atoms in total. The molecule has 3 amide bonds. The van der Waals surface area contributed by atoms with Gasteiger partial charge in [0.15, 0.2) is 0 Å². The molecule has 38 heavy (non-hydrogen) atoms.